The Morgan fingerprint density at radius 1 is 1.09 bits per heavy atom. The van der Waals surface area contributed by atoms with Crippen molar-refractivity contribution in [3.05, 3.63) is 29.6 Å². The van der Waals surface area contributed by atoms with Crippen LogP contribution in [0.5, 0.6) is 0 Å². The Balaban J connectivity index is 1.82. The minimum absolute atomic E-state index is 0.0296. The minimum Gasteiger partial charge on any atom is -0.465 e. The summed E-state index contributed by atoms with van der Waals surface area (Å²) in [5, 5.41) is 2.75. The van der Waals surface area contributed by atoms with E-state index >= 15 is 0 Å². The number of benzene rings is 1. The first-order valence-corrected chi connectivity index (χ1v) is 11.3. The van der Waals surface area contributed by atoms with Crippen LogP contribution in [0, 0.1) is 17.7 Å². The van der Waals surface area contributed by atoms with Crippen molar-refractivity contribution in [3.8, 4) is 0 Å². The van der Waals surface area contributed by atoms with Crippen molar-refractivity contribution >= 4 is 23.7 Å². The third kappa shape index (κ3) is 5.58. The molecule has 1 aromatic carbocycles. The highest BCUT2D eigenvalue weighted by molar-refractivity contribution is 5.98. The number of hydrogen-bond acceptors (Lipinski definition) is 5. The summed E-state index contributed by atoms with van der Waals surface area (Å²) in [6.45, 7) is 5.82. The molecule has 1 heterocycles. The van der Waals surface area contributed by atoms with Gasteiger partial charge in [0.2, 0.25) is 5.91 Å². The number of anilines is 1. The molecule has 2 atom stereocenters. The van der Waals surface area contributed by atoms with Crippen LogP contribution in [0.3, 0.4) is 0 Å². The lowest BCUT2D eigenvalue weighted by Crippen LogP contribution is -2.49. The number of rotatable bonds is 4. The number of carbonyl (C=O) groups is 3. The van der Waals surface area contributed by atoms with Gasteiger partial charge >= 0.3 is 12.1 Å². The maximum atomic E-state index is 14.3. The summed E-state index contributed by atoms with van der Waals surface area (Å²) in [5.41, 5.74) is -0.658. The number of esters is 1. The molecule has 1 N–H and O–H groups in total. The lowest BCUT2D eigenvalue weighted by molar-refractivity contribution is -0.122. The SMILES string of the molecule is COC(=O)c1ccc(NC(=O)[C@@H]2[C@H](C3CCCCC3)CCN2C(=O)OC(C)(C)C)cc1F. The van der Waals surface area contributed by atoms with Gasteiger partial charge in [-0.3, -0.25) is 9.69 Å². The fraction of sp³-hybridized carbons (Fsp3) is 0.625. The maximum absolute atomic E-state index is 14.3. The third-order valence-corrected chi connectivity index (χ3v) is 6.24. The van der Waals surface area contributed by atoms with Crippen LogP contribution in [-0.2, 0) is 14.3 Å². The van der Waals surface area contributed by atoms with E-state index in [1.807, 2.05) is 0 Å². The monoisotopic (exact) mass is 448 g/mol. The van der Waals surface area contributed by atoms with Crippen LogP contribution in [0.15, 0.2) is 18.2 Å². The first-order chi connectivity index (χ1) is 15.1. The van der Waals surface area contributed by atoms with Crippen molar-refractivity contribution in [2.75, 3.05) is 19.0 Å². The number of halogens is 1. The van der Waals surface area contributed by atoms with Crippen molar-refractivity contribution in [2.24, 2.45) is 11.8 Å². The van der Waals surface area contributed by atoms with Crippen LogP contribution in [0.2, 0.25) is 0 Å². The summed E-state index contributed by atoms with van der Waals surface area (Å²) in [4.78, 5) is 39.4. The van der Waals surface area contributed by atoms with E-state index in [0.29, 0.717) is 12.5 Å². The Bertz CT molecular complexity index is 860. The van der Waals surface area contributed by atoms with Crippen molar-refractivity contribution < 1.29 is 28.2 Å². The average molecular weight is 449 g/mol. The first kappa shape index (κ1) is 24.0. The Kier molecular flexibility index (Phi) is 7.41. The molecule has 176 valence electrons. The zero-order valence-corrected chi connectivity index (χ0v) is 19.3. The third-order valence-electron chi connectivity index (χ3n) is 6.24. The van der Waals surface area contributed by atoms with Gasteiger partial charge < -0.3 is 14.8 Å². The predicted octanol–water partition coefficient (Wildman–Crippen LogP) is 4.76. The fourth-order valence-corrected chi connectivity index (χ4v) is 4.82. The van der Waals surface area contributed by atoms with Gasteiger partial charge in [-0.2, -0.15) is 0 Å². The molecule has 3 rings (SSSR count). The quantitative estimate of drug-likeness (QED) is 0.672. The highest BCUT2D eigenvalue weighted by Crippen LogP contribution is 2.39. The van der Waals surface area contributed by atoms with Crippen LogP contribution in [-0.4, -0.2) is 48.2 Å². The Morgan fingerprint density at radius 2 is 1.78 bits per heavy atom. The van der Waals surface area contributed by atoms with Crippen LogP contribution in [0.4, 0.5) is 14.9 Å². The topological polar surface area (TPSA) is 84.9 Å². The lowest BCUT2D eigenvalue weighted by Gasteiger charge is -2.34. The van der Waals surface area contributed by atoms with Crippen molar-refractivity contribution in [1.82, 2.24) is 4.90 Å². The number of methoxy groups -OCH3 is 1. The molecule has 1 aliphatic heterocycles. The van der Waals surface area contributed by atoms with Crippen LogP contribution in [0.1, 0.15) is 69.7 Å². The van der Waals surface area contributed by atoms with E-state index in [1.54, 1.807) is 20.8 Å². The molecule has 32 heavy (non-hydrogen) atoms. The number of likely N-dealkylation sites (tertiary alicyclic amines) is 1. The molecule has 0 bridgehead atoms. The van der Waals surface area contributed by atoms with E-state index in [0.717, 1.165) is 38.2 Å². The molecule has 7 nitrogen and oxygen atoms in total. The van der Waals surface area contributed by atoms with Crippen molar-refractivity contribution in [3.63, 3.8) is 0 Å². The zero-order chi connectivity index (χ0) is 23.5. The second-order valence-corrected chi connectivity index (χ2v) is 9.64. The van der Waals surface area contributed by atoms with E-state index in [2.05, 4.69) is 10.1 Å². The molecule has 1 aromatic rings. The molecule has 0 aromatic heterocycles. The van der Waals surface area contributed by atoms with Gasteiger partial charge in [0.05, 0.1) is 12.7 Å². The first-order valence-electron chi connectivity index (χ1n) is 11.3. The normalized spacial score (nSPS) is 21.8. The summed E-state index contributed by atoms with van der Waals surface area (Å²) >= 11 is 0. The van der Waals surface area contributed by atoms with E-state index < -0.39 is 29.5 Å². The summed E-state index contributed by atoms with van der Waals surface area (Å²) < 4.78 is 24.5. The standard InChI is InChI=1S/C24H33FN2O5/c1-24(2,3)32-23(30)27-13-12-17(15-8-6-5-7-9-15)20(27)21(28)26-16-10-11-18(19(25)14-16)22(29)31-4/h10-11,14-15,17,20H,5-9,12-13H2,1-4H3,(H,26,28)/t17-,20-/m0/s1. The smallest absolute Gasteiger partial charge is 0.410 e. The summed E-state index contributed by atoms with van der Waals surface area (Å²) in [5.74, 6) is -1.54. The van der Waals surface area contributed by atoms with Crippen molar-refractivity contribution in [2.45, 2.75) is 70.9 Å². The zero-order valence-electron chi connectivity index (χ0n) is 19.3. The van der Waals surface area contributed by atoms with Crippen LogP contribution >= 0.6 is 0 Å². The number of amides is 2. The van der Waals surface area contributed by atoms with Gasteiger partial charge in [-0.25, -0.2) is 14.0 Å². The molecular weight excluding hydrogens is 415 g/mol. The molecule has 0 unspecified atom stereocenters. The van der Waals surface area contributed by atoms with Gasteiger partial charge in [-0.15, -0.1) is 0 Å². The lowest BCUT2D eigenvalue weighted by atomic mass is 9.76. The second kappa shape index (κ2) is 9.88. The second-order valence-electron chi connectivity index (χ2n) is 9.64. The number of ether oxygens (including phenoxy) is 2. The molecular formula is C24H33FN2O5. The minimum atomic E-state index is -0.787. The Morgan fingerprint density at radius 3 is 2.38 bits per heavy atom. The summed E-state index contributed by atoms with van der Waals surface area (Å²) in [6.07, 6.45) is 5.75. The highest BCUT2D eigenvalue weighted by Gasteiger charge is 2.46. The van der Waals surface area contributed by atoms with Crippen molar-refractivity contribution in [1.29, 1.82) is 0 Å². The molecule has 2 aliphatic rings. The van der Waals surface area contributed by atoms with E-state index in [4.69, 9.17) is 4.74 Å². The Labute approximate surface area is 188 Å². The molecule has 2 amide bonds. The average Bonchev–Trinajstić information content (AvgIpc) is 3.18. The molecule has 0 spiro atoms. The Hall–Kier alpha value is -2.64. The molecule has 1 saturated heterocycles. The molecule has 2 fully saturated rings. The number of nitrogens with zero attached hydrogens (tertiary/aromatic N) is 1. The fourth-order valence-electron chi connectivity index (χ4n) is 4.82. The van der Waals surface area contributed by atoms with Gasteiger partial charge in [0.1, 0.15) is 17.5 Å². The largest absolute Gasteiger partial charge is 0.465 e. The predicted molar refractivity (Wildman–Crippen MR) is 118 cm³/mol. The van der Waals surface area contributed by atoms with Gasteiger partial charge in [0.15, 0.2) is 0 Å². The van der Waals surface area contributed by atoms with Crippen LogP contribution < -0.4 is 5.32 Å². The summed E-state index contributed by atoms with van der Waals surface area (Å²) in [7, 11) is 1.17. The van der Waals surface area contributed by atoms with E-state index in [1.165, 1.54) is 30.6 Å². The number of nitrogens with one attached hydrogen (secondary N) is 1. The van der Waals surface area contributed by atoms with Gasteiger partial charge in [-0.1, -0.05) is 32.1 Å². The van der Waals surface area contributed by atoms with Gasteiger partial charge in [0.25, 0.3) is 0 Å². The van der Waals surface area contributed by atoms with Gasteiger partial charge in [0, 0.05) is 12.2 Å². The molecule has 0 radical (unpaired) electrons. The van der Waals surface area contributed by atoms with Gasteiger partial charge in [-0.05, 0) is 57.2 Å². The number of carbonyl (C=O) groups excluding carboxylic acids is 3. The highest BCUT2D eigenvalue weighted by atomic mass is 19.1. The summed E-state index contributed by atoms with van der Waals surface area (Å²) in [6, 6.07) is 3.13. The molecule has 1 aliphatic carbocycles. The maximum Gasteiger partial charge on any atom is 0.410 e. The molecule has 1 saturated carbocycles. The number of hydrogen-bond donors (Lipinski definition) is 1. The van der Waals surface area contributed by atoms with E-state index in [9.17, 15) is 18.8 Å². The van der Waals surface area contributed by atoms with E-state index in [-0.39, 0.29) is 23.1 Å². The molecule has 8 heteroatoms. The van der Waals surface area contributed by atoms with Crippen LogP contribution in [0.25, 0.3) is 0 Å².